The lowest BCUT2D eigenvalue weighted by Gasteiger charge is -2.12. The third-order valence-electron chi connectivity index (χ3n) is 5.02. The molecule has 0 atom stereocenters. The van der Waals surface area contributed by atoms with Gasteiger partial charge in [-0.05, 0) is 24.3 Å². The Labute approximate surface area is 236 Å². The zero-order chi connectivity index (χ0) is 30.8. The van der Waals surface area contributed by atoms with Crippen LogP contribution in [0.15, 0.2) is 72.3 Å². The Bertz CT molecular complexity index is 1910. The lowest BCUT2D eigenvalue weighted by molar-refractivity contribution is -0.434. The standard InChI is InChI=1S/C18H17N3O15S5/c19-13-5-4-11-12(2-1-3-14(11)39(25,26)27)17(13)20-21-18-15(40(28,29)30)8-10(9-16(18)41(31,32)33)38(23,24)7-6-34-37-36-35-22/h1-5,8-9,22H,6-7,19H2,(H,25,26,27)(H,28,29,30)(H,31,32,33). The summed E-state index contributed by atoms with van der Waals surface area (Å²) >= 11 is 0.0216. The second-order valence-corrected chi connectivity index (χ2v) is 14.4. The van der Waals surface area contributed by atoms with Crippen molar-refractivity contribution in [2.45, 2.75) is 19.6 Å². The molecule has 3 rings (SSSR count). The maximum Gasteiger partial charge on any atom is 0.296 e. The number of fused-ring (bicyclic) bond motifs is 1. The van der Waals surface area contributed by atoms with Gasteiger partial charge in [0.2, 0.25) is 0 Å². The van der Waals surface area contributed by atoms with Gasteiger partial charge in [0.05, 0.1) is 22.9 Å². The van der Waals surface area contributed by atoms with Gasteiger partial charge in [-0.2, -0.15) is 25.3 Å². The topological polar surface area (TPSA) is 296 Å². The van der Waals surface area contributed by atoms with E-state index in [4.69, 9.17) is 11.0 Å². The molecule has 0 saturated heterocycles. The van der Waals surface area contributed by atoms with Gasteiger partial charge in [-0.25, -0.2) is 13.7 Å². The third-order valence-corrected chi connectivity index (χ3v) is 9.71. The lowest BCUT2D eigenvalue weighted by Crippen LogP contribution is -2.14. The molecule has 0 bridgehead atoms. The molecular formula is C18H17N3O15S5. The number of azo groups is 1. The van der Waals surface area contributed by atoms with E-state index < -0.39 is 77.8 Å². The molecule has 23 heteroatoms. The molecule has 3 aromatic rings. The minimum absolute atomic E-state index is 0.0216. The molecule has 0 aliphatic carbocycles. The SMILES string of the molecule is Nc1ccc2c(S(=O)(=O)O)cccc2c1N=Nc1c(S(=O)(=O)O)cc(S(=O)(=O)CCOSOOO)cc1S(=O)(=O)O. The number of nitrogens with zero attached hydrogens (tertiary/aromatic N) is 2. The van der Waals surface area contributed by atoms with E-state index in [-0.39, 0.29) is 34.5 Å². The average molecular weight is 676 g/mol. The molecule has 41 heavy (non-hydrogen) atoms. The van der Waals surface area contributed by atoms with Gasteiger partial charge in [-0.15, -0.1) is 14.6 Å². The van der Waals surface area contributed by atoms with Crippen LogP contribution < -0.4 is 5.73 Å². The maximum atomic E-state index is 12.7. The first kappa shape index (κ1) is 32.7. The molecule has 224 valence electrons. The number of rotatable bonds is 12. The number of nitrogen functional groups attached to an aromatic ring is 1. The third kappa shape index (κ3) is 7.73. The van der Waals surface area contributed by atoms with Gasteiger partial charge < -0.3 is 5.73 Å². The Balaban J connectivity index is 2.26. The van der Waals surface area contributed by atoms with Gasteiger partial charge in [0.25, 0.3) is 30.4 Å². The summed E-state index contributed by atoms with van der Waals surface area (Å²) in [6, 6.07) is 6.58. The Morgan fingerprint density at radius 1 is 0.756 bits per heavy atom. The Morgan fingerprint density at radius 3 is 1.85 bits per heavy atom. The highest BCUT2D eigenvalue weighted by Gasteiger charge is 2.30. The first-order valence-electron chi connectivity index (χ1n) is 10.2. The van der Waals surface area contributed by atoms with E-state index in [0.717, 1.165) is 12.1 Å². The smallest absolute Gasteiger partial charge is 0.296 e. The first-order chi connectivity index (χ1) is 18.9. The predicted octanol–water partition coefficient (Wildman–Crippen LogP) is 2.35. The van der Waals surface area contributed by atoms with E-state index in [1.54, 1.807) is 0 Å². The molecule has 3 aromatic carbocycles. The summed E-state index contributed by atoms with van der Waals surface area (Å²) in [5.41, 5.74) is 4.12. The second-order valence-electron chi connectivity index (χ2n) is 7.60. The molecule has 18 nitrogen and oxygen atoms in total. The van der Waals surface area contributed by atoms with Crippen LogP contribution in [0.1, 0.15) is 0 Å². The van der Waals surface area contributed by atoms with Crippen LogP contribution in [0.3, 0.4) is 0 Å². The molecule has 0 amide bonds. The quantitative estimate of drug-likeness (QED) is 0.0350. The van der Waals surface area contributed by atoms with Crippen molar-refractivity contribution in [3.63, 3.8) is 0 Å². The van der Waals surface area contributed by atoms with Crippen LogP contribution >= 0.6 is 12.3 Å². The number of hydrogen-bond donors (Lipinski definition) is 5. The van der Waals surface area contributed by atoms with E-state index in [1.807, 2.05) is 0 Å². The van der Waals surface area contributed by atoms with Crippen molar-refractivity contribution < 1.29 is 66.1 Å². The van der Waals surface area contributed by atoms with Gasteiger partial charge in [-0.3, -0.25) is 17.8 Å². The van der Waals surface area contributed by atoms with Crippen LogP contribution in [0.25, 0.3) is 10.8 Å². The van der Waals surface area contributed by atoms with Crippen LogP contribution in [0.5, 0.6) is 0 Å². The zero-order valence-electron chi connectivity index (χ0n) is 19.7. The van der Waals surface area contributed by atoms with Gasteiger partial charge in [0.1, 0.15) is 26.1 Å². The average Bonchev–Trinajstić information content (AvgIpc) is 2.85. The molecule has 0 radical (unpaired) electrons. The minimum atomic E-state index is -5.45. The Kier molecular flexibility index (Phi) is 9.73. The predicted molar refractivity (Wildman–Crippen MR) is 139 cm³/mol. The summed E-state index contributed by atoms with van der Waals surface area (Å²) < 4.78 is 135. The van der Waals surface area contributed by atoms with Crippen molar-refractivity contribution in [1.29, 1.82) is 0 Å². The highest BCUT2D eigenvalue weighted by Crippen LogP contribution is 2.40. The van der Waals surface area contributed by atoms with Gasteiger partial charge in [0, 0.05) is 10.8 Å². The molecule has 0 heterocycles. The van der Waals surface area contributed by atoms with Gasteiger partial charge >= 0.3 is 0 Å². The summed E-state index contributed by atoms with van der Waals surface area (Å²) in [6.45, 7) is -0.661. The fourth-order valence-electron chi connectivity index (χ4n) is 3.32. The molecule has 0 aromatic heterocycles. The fraction of sp³-hybridized carbons (Fsp3) is 0.111. The van der Waals surface area contributed by atoms with Crippen molar-refractivity contribution in [2.75, 3.05) is 18.1 Å². The molecule has 0 aliphatic rings. The van der Waals surface area contributed by atoms with E-state index in [0.29, 0.717) is 12.1 Å². The van der Waals surface area contributed by atoms with Crippen LogP contribution in [0.4, 0.5) is 17.1 Å². The Morgan fingerprint density at radius 2 is 1.32 bits per heavy atom. The molecule has 0 aliphatic heterocycles. The van der Waals surface area contributed by atoms with Gasteiger partial charge in [-0.1, -0.05) is 23.2 Å². The van der Waals surface area contributed by atoms with Crippen LogP contribution in [0, 0.1) is 0 Å². The molecule has 0 unspecified atom stereocenters. The summed E-state index contributed by atoms with van der Waals surface area (Å²) in [5, 5.41) is 18.3. The number of hydrogen-bond acceptors (Lipinski definition) is 16. The number of anilines is 1. The summed E-state index contributed by atoms with van der Waals surface area (Å²) in [4.78, 5) is -4.37. The minimum Gasteiger partial charge on any atom is -0.397 e. The fourth-order valence-corrected chi connectivity index (χ4v) is 7.04. The summed E-state index contributed by atoms with van der Waals surface area (Å²) in [6.07, 6.45) is 0. The normalized spacial score (nSPS) is 13.3. The molecular weight excluding hydrogens is 659 g/mol. The van der Waals surface area contributed by atoms with Crippen molar-refractivity contribution >= 4 is 80.3 Å². The molecule has 6 N–H and O–H groups in total. The van der Waals surface area contributed by atoms with Crippen molar-refractivity contribution in [3.8, 4) is 0 Å². The Hall–Kier alpha value is -2.81. The second kappa shape index (κ2) is 12.2. The highest BCUT2D eigenvalue weighted by molar-refractivity contribution is 7.92. The first-order valence-corrected chi connectivity index (χ1v) is 16.8. The maximum absolute atomic E-state index is 12.7. The monoisotopic (exact) mass is 675 g/mol. The van der Waals surface area contributed by atoms with Crippen LogP contribution in [-0.2, 0) is 53.7 Å². The van der Waals surface area contributed by atoms with Crippen molar-refractivity contribution in [3.05, 3.63) is 42.5 Å². The number of benzene rings is 3. The van der Waals surface area contributed by atoms with Crippen molar-refractivity contribution in [1.82, 2.24) is 0 Å². The van der Waals surface area contributed by atoms with E-state index >= 15 is 0 Å². The van der Waals surface area contributed by atoms with Crippen LogP contribution in [-0.4, -0.2) is 64.9 Å². The van der Waals surface area contributed by atoms with Crippen molar-refractivity contribution in [2.24, 2.45) is 10.2 Å². The summed E-state index contributed by atoms with van der Waals surface area (Å²) in [5.74, 6) is -0.922. The van der Waals surface area contributed by atoms with E-state index in [1.165, 1.54) is 18.2 Å². The molecule has 0 fully saturated rings. The zero-order valence-corrected chi connectivity index (χ0v) is 23.8. The number of nitrogens with two attached hydrogens (primary N) is 1. The summed E-state index contributed by atoms with van der Waals surface area (Å²) in [7, 11) is -20.2. The van der Waals surface area contributed by atoms with Crippen LogP contribution in [0.2, 0.25) is 0 Å². The number of sulfone groups is 1. The largest absolute Gasteiger partial charge is 0.397 e. The van der Waals surface area contributed by atoms with Gasteiger partial charge in [0.15, 0.2) is 22.2 Å². The van der Waals surface area contributed by atoms with E-state index in [9.17, 15) is 47.3 Å². The lowest BCUT2D eigenvalue weighted by atomic mass is 10.1. The molecule has 0 saturated carbocycles. The highest BCUT2D eigenvalue weighted by atomic mass is 32.2. The van der Waals surface area contributed by atoms with E-state index in [2.05, 4.69) is 23.8 Å². The molecule has 0 spiro atoms.